The molecule has 2 aliphatic heterocycles. The molecular weight excluding hydrogens is 294 g/mol. The highest BCUT2D eigenvalue weighted by Gasteiger charge is 2.43. The minimum atomic E-state index is -0.436. The lowest BCUT2D eigenvalue weighted by atomic mass is 9.74. The lowest BCUT2D eigenvalue weighted by Crippen LogP contribution is -2.46. The van der Waals surface area contributed by atoms with E-state index in [9.17, 15) is 9.90 Å². The molecule has 23 heavy (non-hydrogen) atoms. The van der Waals surface area contributed by atoms with E-state index in [1.807, 2.05) is 26.8 Å². The van der Waals surface area contributed by atoms with Crippen LogP contribution in [-0.2, 0) is 14.9 Å². The number of esters is 1. The van der Waals surface area contributed by atoms with Crippen LogP contribution in [0.5, 0.6) is 11.5 Å². The molecule has 1 fully saturated rings. The molecule has 0 radical (unpaired) electrons. The minimum absolute atomic E-state index is 0.0213. The zero-order chi connectivity index (χ0) is 16.7. The van der Waals surface area contributed by atoms with Gasteiger partial charge in [0.2, 0.25) is 0 Å². The van der Waals surface area contributed by atoms with Crippen LogP contribution in [0.15, 0.2) is 18.2 Å². The molecule has 2 heterocycles. The van der Waals surface area contributed by atoms with Gasteiger partial charge in [0.05, 0.1) is 13.2 Å². The topological polar surface area (TPSA) is 59.0 Å². The maximum Gasteiger partial charge on any atom is 0.320 e. The Morgan fingerprint density at radius 1 is 1.35 bits per heavy atom. The van der Waals surface area contributed by atoms with Crippen molar-refractivity contribution in [3.63, 3.8) is 0 Å². The van der Waals surface area contributed by atoms with E-state index >= 15 is 0 Å². The molecule has 1 saturated heterocycles. The predicted molar refractivity (Wildman–Crippen MR) is 86.8 cm³/mol. The summed E-state index contributed by atoms with van der Waals surface area (Å²) >= 11 is 0. The van der Waals surface area contributed by atoms with E-state index in [1.54, 1.807) is 12.1 Å². The number of piperidine rings is 1. The van der Waals surface area contributed by atoms with Crippen molar-refractivity contribution in [1.29, 1.82) is 0 Å². The monoisotopic (exact) mass is 319 g/mol. The molecule has 0 amide bonds. The quantitative estimate of drug-likeness (QED) is 0.849. The summed E-state index contributed by atoms with van der Waals surface area (Å²) in [4.78, 5) is 14.1. The molecule has 3 rings (SSSR count). The first-order valence-electron chi connectivity index (χ1n) is 8.18. The van der Waals surface area contributed by atoms with E-state index in [2.05, 4.69) is 4.90 Å². The van der Waals surface area contributed by atoms with Gasteiger partial charge < -0.3 is 14.6 Å². The summed E-state index contributed by atoms with van der Waals surface area (Å²) in [5.74, 6) is 0.871. The van der Waals surface area contributed by atoms with Gasteiger partial charge in [-0.3, -0.25) is 9.69 Å². The number of ether oxygens (including phenoxy) is 2. The van der Waals surface area contributed by atoms with Gasteiger partial charge in [-0.15, -0.1) is 0 Å². The van der Waals surface area contributed by atoms with Crippen LogP contribution >= 0.6 is 0 Å². The summed E-state index contributed by atoms with van der Waals surface area (Å²) < 4.78 is 11.2. The van der Waals surface area contributed by atoms with Crippen molar-refractivity contribution < 1.29 is 19.4 Å². The number of carbonyl (C=O) groups excluding carboxylic acids is 1. The summed E-state index contributed by atoms with van der Waals surface area (Å²) in [5, 5.41) is 9.58. The van der Waals surface area contributed by atoms with Crippen molar-refractivity contribution in [1.82, 2.24) is 4.90 Å². The molecule has 1 aromatic rings. The second-order valence-electron chi connectivity index (χ2n) is 7.61. The molecular formula is C18H25NO4. The summed E-state index contributed by atoms with van der Waals surface area (Å²) in [6.45, 7) is 8.36. The standard InChI is InChI=1S/C18H25NO4/c1-17(2,3)23-16(21)11-19-8-6-18(7-9-19)12-22-15-10-13(20)4-5-14(15)18/h4-5,10,20H,6-9,11-12H2,1-3H3. The van der Waals surface area contributed by atoms with Gasteiger partial charge in [0.1, 0.15) is 17.1 Å². The lowest BCUT2D eigenvalue weighted by molar-refractivity contribution is -0.156. The highest BCUT2D eigenvalue weighted by atomic mass is 16.6. The second kappa shape index (κ2) is 5.71. The van der Waals surface area contributed by atoms with Crippen LogP contribution in [0.25, 0.3) is 0 Å². The van der Waals surface area contributed by atoms with Crippen molar-refractivity contribution in [2.45, 2.75) is 44.6 Å². The van der Waals surface area contributed by atoms with Gasteiger partial charge in [-0.05, 0) is 52.8 Å². The summed E-state index contributed by atoms with van der Waals surface area (Å²) in [6, 6.07) is 5.39. The van der Waals surface area contributed by atoms with Crippen LogP contribution in [0, 0.1) is 0 Å². The molecule has 1 N–H and O–H groups in total. The second-order valence-corrected chi connectivity index (χ2v) is 7.61. The van der Waals surface area contributed by atoms with Gasteiger partial charge in [0.15, 0.2) is 0 Å². The van der Waals surface area contributed by atoms with E-state index < -0.39 is 5.60 Å². The predicted octanol–water partition coefficient (Wildman–Crippen LogP) is 2.46. The van der Waals surface area contributed by atoms with Gasteiger partial charge in [-0.2, -0.15) is 0 Å². The van der Waals surface area contributed by atoms with Crippen molar-refractivity contribution >= 4 is 5.97 Å². The molecule has 0 unspecified atom stereocenters. The van der Waals surface area contributed by atoms with Crippen molar-refractivity contribution in [2.24, 2.45) is 0 Å². The number of phenols is 1. The Balaban J connectivity index is 1.61. The van der Waals surface area contributed by atoms with Crippen LogP contribution in [0.4, 0.5) is 0 Å². The SMILES string of the molecule is CC(C)(C)OC(=O)CN1CCC2(CC1)COc1cc(O)ccc12. The average molecular weight is 319 g/mol. The molecule has 5 heteroatoms. The van der Waals surface area contributed by atoms with Crippen LogP contribution in [0.2, 0.25) is 0 Å². The number of carbonyl (C=O) groups is 1. The molecule has 0 bridgehead atoms. The van der Waals surface area contributed by atoms with Crippen molar-refractivity contribution in [3.05, 3.63) is 23.8 Å². The fourth-order valence-corrected chi connectivity index (χ4v) is 3.47. The number of nitrogens with zero attached hydrogens (tertiary/aromatic N) is 1. The van der Waals surface area contributed by atoms with Gasteiger partial charge in [-0.1, -0.05) is 6.07 Å². The molecule has 126 valence electrons. The Hall–Kier alpha value is -1.75. The highest BCUT2D eigenvalue weighted by molar-refractivity contribution is 5.72. The van der Waals surface area contributed by atoms with Gasteiger partial charge in [0, 0.05) is 17.0 Å². The Labute approximate surface area is 137 Å². The maximum absolute atomic E-state index is 12.0. The van der Waals surface area contributed by atoms with Crippen molar-refractivity contribution in [3.8, 4) is 11.5 Å². The van der Waals surface area contributed by atoms with E-state index in [0.717, 1.165) is 31.7 Å². The number of likely N-dealkylation sites (tertiary alicyclic amines) is 1. The van der Waals surface area contributed by atoms with E-state index in [1.165, 1.54) is 5.56 Å². The van der Waals surface area contributed by atoms with E-state index in [-0.39, 0.29) is 17.1 Å². The van der Waals surface area contributed by atoms with E-state index in [4.69, 9.17) is 9.47 Å². The summed E-state index contributed by atoms with van der Waals surface area (Å²) in [7, 11) is 0. The first-order chi connectivity index (χ1) is 10.8. The van der Waals surface area contributed by atoms with Crippen LogP contribution in [0.1, 0.15) is 39.2 Å². The zero-order valence-electron chi connectivity index (χ0n) is 14.1. The number of hydrogen-bond donors (Lipinski definition) is 1. The smallest absolute Gasteiger partial charge is 0.320 e. The lowest BCUT2D eigenvalue weighted by Gasteiger charge is -2.38. The van der Waals surface area contributed by atoms with Crippen LogP contribution in [-0.4, -0.2) is 47.8 Å². The number of benzene rings is 1. The molecule has 5 nitrogen and oxygen atoms in total. The molecule has 0 aromatic heterocycles. The number of aromatic hydroxyl groups is 1. The van der Waals surface area contributed by atoms with Crippen LogP contribution in [0.3, 0.4) is 0 Å². The molecule has 0 aliphatic carbocycles. The molecule has 0 saturated carbocycles. The van der Waals surface area contributed by atoms with Crippen LogP contribution < -0.4 is 4.74 Å². The first-order valence-corrected chi connectivity index (χ1v) is 8.18. The minimum Gasteiger partial charge on any atom is -0.508 e. The summed E-state index contributed by atoms with van der Waals surface area (Å²) in [6.07, 6.45) is 1.90. The number of fused-ring (bicyclic) bond motifs is 2. The highest BCUT2D eigenvalue weighted by Crippen LogP contribution is 2.46. The number of rotatable bonds is 2. The number of hydrogen-bond acceptors (Lipinski definition) is 5. The molecule has 2 aliphatic rings. The molecule has 1 aromatic carbocycles. The third-order valence-corrected chi connectivity index (χ3v) is 4.63. The average Bonchev–Trinajstić information content (AvgIpc) is 2.78. The third-order valence-electron chi connectivity index (χ3n) is 4.63. The Kier molecular flexibility index (Phi) is 4.00. The maximum atomic E-state index is 12.0. The van der Waals surface area contributed by atoms with Gasteiger partial charge >= 0.3 is 5.97 Å². The third kappa shape index (κ3) is 3.44. The molecule has 0 atom stereocenters. The Morgan fingerprint density at radius 2 is 2.04 bits per heavy atom. The molecule has 1 spiro atoms. The number of phenolic OH excluding ortho intramolecular Hbond substituents is 1. The van der Waals surface area contributed by atoms with Crippen molar-refractivity contribution in [2.75, 3.05) is 26.2 Å². The normalized spacial score (nSPS) is 20.1. The Bertz CT molecular complexity index is 598. The zero-order valence-corrected chi connectivity index (χ0v) is 14.1. The first kappa shape index (κ1) is 16.1. The summed E-state index contributed by atoms with van der Waals surface area (Å²) in [5.41, 5.74) is 0.772. The van der Waals surface area contributed by atoms with Gasteiger partial charge in [-0.25, -0.2) is 0 Å². The Morgan fingerprint density at radius 3 is 2.70 bits per heavy atom. The fraction of sp³-hybridized carbons (Fsp3) is 0.611. The van der Waals surface area contributed by atoms with Gasteiger partial charge in [0.25, 0.3) is 0 Å². The largest absolute Gasteiger partial charge is 0.508 e. The van der Waals surface area contributed by atoms with E-state index in [0.29, 0.717) is 13.2 Å². The fourth-order valence-electron chi connectivity index (χ4n) is 3.47.